The second-order valence-corrected chi connectivity index (χ2v) is 7.54. The molecule has 2 fully saturated rings. The number of fused-ring (bicyclic) bond motifs is 1. The van der Waals surface area contributed by atoms with Gasteiger partial charge in [-0.25, -0.2) is 10.4 Å². The molecule has 2 unspecified atom stereocenters. The van der Waals surface area contributed by atoms with Gasteiger partial charge in [0.05, 0.1) is 0 Å². The number of aromatic nitrogens is 3. The number of H-pyrrole nitrogens is 1. The number of nitrogens with zero attached hydrogens (tertiary/aromatic N) is 3. The summed E-state index contributed by atoms with van der Waals surface area (Å²) in [6, 6.07) is 2.38. The summed E-state index contributed by atoms with van der Waals surface area (Å²) >= 11 is 0. The molecule has 0 radical (unpaired) electrons. The van der Waals surface area contributed by atoms with Crippen LogP contribution in [0.3, 0.4) is 0 Å². The van der Waals surface area contributed by atoms with Crippen molar-refractivity contribution < 1.29 is 4.79 Å². The summed E-state index contributed by atoms with van der Waals surface area (Å²) in [7, 11) is 0. The van der Waals surface area contributed by atoms with Gasteiger partial charge in [0.15, 0.2) is 5.65 Å². The Hall–Kier alpha value is -1.99. The van der Waals surface area contributed by atoms with Crippen LogP contribution in [-0.4, -0.2) is 50.9 Å². The van der Waals surface area contributed by atoms with Gasteiger partial charge in [-0.3, -0.25) is 15.2 Å². The highest BCUT2D eigenvalue weighted by Gasteiger charge is 2.35. The van der Waals surface area contributed by atoms with Gasteiger partial charge in [-0.1, -0.05) is 13.8 Å². The van der Waals surface area contributed by atoms with Gasteiger partial charge in [-0.15, -0.1) is 0 Å². The Labute approximate surface area is 147 Å². The number of rotatable bonds is 3. The molecule has 0 saturated carbocycles. The summed E-state index contributed by atoms with van der Waals surface area (Å²) in [5.74, 6) is 1.20. The van der Waals surface area contributed by atoms with Gasteiger partial charge in [0.1, 0.15) is 11.6 Å². The smallest absolute Gasteiger partial charge is 0.241 e. The highest BCUT2D eigenvalue weighted by Crippen LogP contribution is 2.29. The van der Waals surface area contributed by atoms with Crippen LogP contribution in [0.5, 0.6) is 0 Å². The molecule has 0 bridgehead atoms. The summed E-state index contributed by atoms with van der Waals surface area (Å²) in [5, 5.41) is 0. The number of hydrazine groups is 1. The Kier molecular flexibility index (Phi) is 4.43. The van der Waals surface area contributed by atoms with Crippen molar-refractivity contribution in [1.29, 1.82) is 0 Å². The van der Waals surface area contributed by atoms with E-state index in [2.05, 4.69) is 45.7 Å². The van der Waals surface area contributed by atoms with E-state index < -0.39 is 0 Å². The summed E-state index contributed by atoms with van der Waals surface area (Å²) in [4.78, 5) is 26.8. The Bertz CT molecular complexity index is 716. The number of aromatic amines is 1. The first-order chi connectivity index (χ1) is 12.1. The van der Waals surface area contributed by atoms with Gasteiger partial charge in [0, 0.05) is 43.1 Å². The second kappa shape index (κ2) is 6.72. The van der Waals surface area contributed by atoms with E-state index in [1.54, 1.807) is 12.4 Å². The number of nitrogens with one attached hydrogen (secondary N) is 3. The lowest BCUT2D eigenvalue weighted by atomic mass is 9.92. The Balaban J connectivity index is 1.36. The number of hydrogen-bond donors (Lipinski definition) is 3. The monoisotopic (exact) mass is 342 g/mol. The molecule has 2 aliphatic heterocycles. The largest absolute Gasteiger partial charge is 0.342 e. The topological polar surface area (TPSA) is 85.9 Å². The molecule has 134 valence electrons. The third-order valence-electron chi connectivity index (χ3n) is 5.56. The standard InChI is InChI=1S/C18H26N6O/c1-11(2)13-9-16(23-22-13)18(25)24-7-3-12(4-8-24)14-10-15-17(21-14)20-6-5-19-15/h5-6,10-13,16,22-23H,3-4,7-9H2,1-2H3,(H,20,21). The molecule has 2 aromatic rings. The van der Waals surface area contributed by atoms with Crippen LogP contribution in [-0.2, 0) is 4.79 Å². The highest BCUT2D eigenvalue weighted by atomic mass is 16.2. The quantitative estimate of drug-likeness (QED) is 0.788. The first kappa shape index (κ1) is 16.5. The molecule has 2 saturated heterocycles. The van der Waals surface area contributed by atoms with Crippen molar-refractivity contribution in [1.82, 2.24) is 30.7 Å². The molecular weight excluding hydrogens is 316 g/mol. The van der Waals surface area contributed by atoms with Crippen molar-refractivity contribution in [3.8, 4) is 0 Å². The summed E-state index contributed by atoms with van der Waals surface area (Å²) in [6.07, 6.45) is 6.25. The molecule has 4 heterocycles. The Morgan fingerprint density at radius 3 is 2.64 bits per heavy atom. The van der Waals surface area contributed by atoms with Gasteiger partial charge in [0.25, 0.3) is 0 Å². The number of piperidine rings is 1. The molecule has 7 heteroatoms. The zero-order chi connectivity index (χ0) is 17.4. The summed E-state index contributed by atoms with van der Waals surface area (Å²) < 4.78 is 0. The molecule has 7 nitrogen and oxygen atoms in total. The third-order valence-corrected chi connectivity index (χ3v) is 5.56. The fraction of sp³-hybridized carbons (Fsp3) is 0.611. The zero-order valence-electron chi connectivity index (χ0n) is 14.8. The van der Waals surface area contributed by atoms with Crippen molar-refractivity contribution in [3.63, 3.8) is 0 Å². The van der Waals surface area contributed by atoms with Gasteiger partial charge in [-0.05, 0) is 31.2 Å². The molecular formula is C18H26N6O. The van der Waals surface area contributed by atoms with E-state index in [0.29, 0.717) is 17.9 Å². The molecule has 4 rings (SSSR count). The van der Waals surface area contributed by atoms with Crippen LogP contribution in [0.2, 0.25) is 0 Å². The van der Waals surface area contributed by atoms with E-state index in [-0.39, 0.29) is 11.9 Å². The van der Waals surface area contributed by atoms with E-state index >= 15 is 0 Å². The van der Waals surface area contributed by atoms with E-state index in [9.17, 15) is 4.79 Å². The number of amides is 1. The lowest BCUT2D eigenvalue weighted by Gasteiger charge is -2.33. The molecule has 2 atom stereocenters. The maximum Gasteiger partial charge on any atom is 0.241 e. The average Bonchev–Trinajstić information content (AvgIpc) is 3.28. The number of carbonyl (C=O) groups excluding carboxylic acids is 1. The average molecular weight is 342 g/mol. The van der Waals surface area contributed by atoms with Crippen molar-refractivity contribution in [2.24, 2.45) is 5.92 Å². The van der Waals surface area contributed by atoms with Crippen molar-refractivity contribution in [2.45, 2.75) is 51.1 Å². The zero-order valence-corrected chi connectivity index (χ0v) is 14.8. The van der Waals surface area contributed by atoms with Crippen LogP contribution in [0, 0.1) is 5.92 Å². The second-order valence-electron chi connectivity index (χ2n) is 7.54. The normalized spacial score (nSPS) is 25.2. The van der Waals surface area contributed by atoms with Crippen LogP contribution >= 0.6 is 0 Å². The maximum absolute atomic E-state index is 12.7. The third kappa shape index (κ3) is 3.26. The minimum Gasteiger partial charge on any atom is -0.342 e. The molecule has 3 N–H and O–H groups in total. The molecule has 2 aliphatic rings. The molecule has 0 spiro atoms. The lowest BCUT2D eigenvalue weighted by molar-refractivity contribution is -0.134. The van der Waals surface area contributed by atoms with Crippen LogP contribution in [0.4, 0.5) is 0 Å². The summed E-state index contributed by atoms with van der Waals surface area (Å²) in [6.45, 7) is 5.98. The number of likely N-dealkylation sites (tertiary alicyclic amines) is 1. The van der Waals surface area contributed by atoms with Crippen LogP contribution in [0.1, 0.15) is 44.7 Å². The predicted octanol–water partition coefficient (Wildman–Crippen LogP) is 1.55. The Morgan fingerprint density at radius 2 is 1.96 bits per heavy atom. The van der Waals surface area contributed by atoms with Gasteiger partial charge in [0.2, 0.25) is 5.91 Å². The first-order valence-electron chi connectivity index (χ1n) is 9.21. The number of hydrogen-bond acceptors (Lipinski definition) is 5. The number of carbonyl (C=O) groups is 1. The Morgan fingerprint density at radius 1 is 1.20 bits per heavy atom. The fourth-order valence-corrected chi connectivity index (χ4v) is 3.90. The van der Waals surface area contributed by atoms with Crippen molar-refractivity contribution >= 4 is 17.1 Å². The molecule has 25 heavy (non-hydrogen) atoms. The minimum absolute atomic E-state index is 0.0922. The molecule has 1 amide bonds. The van der Waals surface area contributed by atoms with Gasteiger partial charge >= 0.3 is 0 Å². The van der Waals surface area contributed by atoms with Crippen molar-refractivity contribution in [2.75, 3.05) is 13.1 Å². The minimum atomic E-state index is -0.0922. The molecule has 0 aliphatic carbocycles. The van der Waals surface area contributed by atoms with Crippen LogP contribution in [0.25, 0.3) is 11.2 Å². The van der Waals surface area contributed by atoms with Crippen LogP contribution in [0.15, 0.2) is 18.5 Å². The van der Waals surface area contributed by atoms with E-state index in [0.717, 1.165) is 43.5 Å². The molecule has 0 aromatic carbocycles. The maximum atomic E-state index is 12.7. The lowest BCUT2D eigenvalue weighted by Crippen LogP contribution is -2.48. The van der Waals surface area contributed by atoms with E-state index in [1.807, 2.05) is 4.90 Å². The van der Waals surface area contributed by atoms with Crippen molar-refractivity contribution in [3.05, 3.63) is 24.2 Å². The molecule has 2 aromatic heterocycles. The highest BCUT2D eigenvalue weighted by molar-refractivity contribution is 5.82. The van der Waals surface area contributed by atoms with E-state index in [1.165, 1.54) is 5.69 Å². The van der Waals surface area contributed by atoms with Gasteiger partial charge in [-0.2, -0.15) is 0 Å². The fourth-order valence-electron chi connectivity index (χ4n) is 3.90. The first-order valence-corrected chi connectivity index (χ1v) is 9.21. The van der Waals surface area contributed by atoms with E-state index in [4.69, 9.17) is 0 Å². The van der Waals surface area contributed by atoms with Crippen LogP contribution < -0.4 is 10.9 Å². The van der Waals surface area contributed by atoms with Gasteiger partial charge < -0.3 is 9.88 Å². The SMILES string of the molecule is CC(C)C1CC(C(=O)N2CCC(c3cc4nccnc4[nH]3)CC2)NN1. The predicted molar refractivity (Wildman–Crippen MR) is 95.7 cm³/mol. The summed E-state index contributed by atoms with van der Waals surface area (Å²) in [5.41, 5.74) is 9.39.